The van der Waals surface area contributed by atoms with Crippen molar-refractivity contribution in [1.29, 1.82) is 0 Å². The summed E-state index contributed by atoms with van der Waals surface area (Å²) >= 11 is 0. The van der Waals surface area contributed by atoms with Gasteiger partial charge >= 0.3 is 17.7 Å². The van der Waals surface area contributed by atoms with Gasteiger partial charge in [0.2, 0.25) is 0 Å². The van der Waals surface area contributed by atoms with E-state index in [1.165, 1.54) is 12.1 Å². The van der Waals surface area contributed by atoms with Crippen LogP contribution in [0.15, 0.2) is 63.8 Å². The van der Waals surface area contributed by atoms with Crippen LogP contribution >= 0.6 is 0 Å². The highest BCUT2D eigenvalue weighted by molar-refractivity contribution is 5.85. The van der Waals surface area contributed by atoms with E-state index in [1.54, 1.807) is 12.1 Å². The van der Waals surface area contributed by atoms with E-state index in [-0.39, 0.29) is 12.4 Å². The van der Waals surface area contributed by atoms with Gasteiger partial charge in [0, 0.05) is 17.5 Å². The van der Waals surface area contributed by atoms with E-state index in [4.69, 9.17) is 13.9 Å². The van der Waals surface area contributed by atoms with E-state index < -0.39 is 23.7 Å². The number of hydrogen-bond acceptors (Lipinski definition) is 6. The van der Waals surface area contributed by atoms with Crippen molar-refractivity contribution in [2.45, 2.75) is 45.8 Å². The average Bonchev–Trinajstić information content (AvgIpc) is 2.77. The Kier molecular flexibility index (Phi) is 7.43. The van der Waals surface area contributed by atoms with Crippen LogP contribution in [0.5, 0.6) is 5.75 Å². The predicted molar refractivity (Wildman–Crippen MR) is 116 cm³/mol. The standard InChI is InChI=1S/C24H25NO6/c1-3-8-20(25-24(28)29-15-16-9-6-5-7-10-16)23(27)30-18-11-12-19-17(4-2)13-22(26)31-21(19)14-18/h5-7,9-14,20H,3-4,8,15H2,1-2H3,(H,25,28)/t20-/m1/s1. The monoisotopic (exact) mass is 423 g/mol. The molecular weight excluding hydrogens is 398 g/mol. The van der Waals surface area contributed by atoms with Crippen molar-refractivity contribution in [2.24, 2.45) is 0 Å². The molecule has 0 saturated heterocycles. The van der Waals surface area contributed by atoms with Gasteiger partial charge in [-0.05, 0) is 36.1 Å². The van der Waals surface area contributed by atoms with Crippen LogP contribution in [0.1, 0.15) is 37.8 Å². The lowest BCUT2D eigenvalue weighted by molar-refractivity contribution is -0.136. The molecule has 1 atom stereocenters. The summed E-state index contributed by atoms with van der Waals surface area (Å²) in [4.78, 5) is 36.5. The van der Waals surface area contributed by atoms with E-state index >= 15 is 0 Å². The Morgan fingerprint density at radius 2 is 1.84 bits per heavy atom. The predicted octanol–water partition coefficient (Wildman–Crippen LogP) is 4.36. The van der Waals surface area contributed by atoms with Crippen LogP contribution in [0.25, 0.3) is 11.0 Å². The number of rotatable bonds is 8. The maximum atomic E-state index is 12.7. The second kappa shape index (κ2) is 10.4. The van der Waals surface area contributed by atoms with Crippen LogP contribution in [-0.4, -0.2) is 18.1 Å². The molecule has 1 N–H and O–H groups in total. The fraction of sp³-hybridized carbons (Fsp3) is 0.292. The van der Waals surface area contributed by atoms with Gasteiger partial charge in [-0.1, -0.05) is 50.6 Å². The normalized spacial score (nSPS) is 11.7. The minimum Gasteiger partial charge on any atom is -0.445 e. The zero-order valence-electron chi connectivity index (χ0n) is 17.6. The summed E-state index contributed by atoms with van der Waals surface area (Å²) in [7, 11) is 0. The Balaban J connectivity index is 1.67. The fourth-order valence-electron chi connectivity index (χ4n) is 3.20. The van der Waals surface area contributed by atoms with Gasteiger partial charge in [0.05, 0.1) is 0 Å². The van der Waals surface area contributed by atoms with Gasteiger partial charge in [0.25, 0.3) is 0 Å². The van der Waals surface area contributed by atoms with Crippen LogP contribution < -0.4 is 15.7 Å². The number of carbonyl (C=O) groups excluding carboxylic acids is 2. The number of carbonyl (C=O) groups is 2. The Bertz CT molecular complexity index is 1110. The lowest BCUT2D eigenvalue weighted by Gasteiger charge is -2.17. The van der Waals surface area contributed by atoms with Crippen molar-refractivity contribution in [3.63, 3.8) is 0 Å². The van der Waals surface area contributed by atoms with Gasteiger partial charge < -0.3 is 19.2 Å². The lowest BCUT2D eigenvalue weighted by Crippen LogP contribution is -2.43. The zero-order chi connectivity index (χ0) is 22.2. The number of fused-ring (bicyclic) bond motifs is 1. The lowest BCUT2D eigenvalue weighted by atomic mass is 10.1. The van der Waals surface area contributed by atoms with E-state index in [2.05, 4.69) is 5.32 Å². The second-order valence-electron chi connectivity index (χ2n) is 7.07. The molecule has 7 heteroatoms. The van der Waals surface area contributed by atoms with Crippen molar-refractivity contribution in [2.75, 3.05) is 0 Å². The maximum Gasteiger partial charge on any atom is 0.408 e. The molecular formula is C24H25NO6. The molecule has 0 spiro atoms. The molecule has 3 aromatic rings. The zero-order valence-corrected chi connectivity index (χ0v) is 17.6. The van der Waals surface area contributed by atoms with Crippen molar-refractivity contribution in [3.8, 4) is 5.75 Å². The Hall–Kier alpha value is -3.61. The molecule has 3 rings (SSSR count). The average molecular weight is 423 g/mol. The molecule has 0 radical (unpaired) electrons. The van der Waals surface area contributed by atoms with Gasteiger partial charge in [-0.15, -0.1) is 0 Å². The number of hydrogen-bond donors (Lipinski definition) is 1. The first kappa shape index (κ1) is 22.1. The van der Waals surface area contributed by atoms with Crippen molar-refractivity contribution in [1.82, 2.24) is 5.32 Å². The van der Waals surface area contributed by atoms with Crippen LogP contribution in [0.4, 0.5) is 4.79 Å². The number of amides is 1. The molecule has 0 aliphatic carbocycles. The molecule has 0 aliphatic heterocycles. The minimum atomic E-state index is -0.863. The first-order valence-electron chi connectivity index (χ1n) is 10.3. The molecule has 0 aliphatic rings. The molecule has 162 valence electrons. The summed E-state index contributed by atoms with van der Waals surface area (Å²) in [5.74, 6) is -0.388. The minimum absolute atomic E-state index is 0.101. The highest BCUT2D eigenvalue weighted by Crippen LogP contribution is 2.23. The Morgan fingerprint density at radius 3 is 2.55 bits per heavy atom. The molecule has 0 bridgehead atoms. The maximum absolute atomic E-state index is 12.7. The third-order valence-electron chi connectivity index (χ3n) is 4.77. The molecule has 31 heavy (non-hydrogen) atoms. The largest absolute Gasteiger partial charge is 0.445 e. The SMILES string of the molecule is CCC[C@@H](NC(=O)OCc1ccccc1)C(=O)Oc1ccc2c(CC)cc(=O)oc2c1. The summed E-state index contributed by atoms with van der Waals surface area (Å²) in [6, 6.07) is 14.7. The summed E-state index contributed by atoms with van der Waals surface area (Å²) in [6.07, 6.45) is 1.03. The van der Waals surface area contributed by atoms with Crippen molar-refractivity contribution >= 4 is 23.0 Å². The molecule has 0 saturated carbocycles. The highest BCUT2D eigenvalue weighted by Gasteiger charge is 2.23. The third kappa shape index (κ3) is 5.94. The van der Waals surface area contributed by atoms with E-state index in [9.17, 15) is 14.4 Å². The van der Waals surface area contributed by atoms with E-state index in [0.717, 1.165) is 16.5 Å². The van der Waals surface area contributed by atoms with E-state index in [0.29, 0.717) is 24.8 Å². The molecule has 7 nitrogen and oxygen atoms in total. The number of esters is 1. The smallest absolute Gasteiger partial charge is 0.408 e. The number of nitrogens with one attached hydrogen (secondary N) is 1. The summed E-state index contributed by atoms with van der Waals surface area (Å²) in [5.41, 5.74) is 1.59. The van der Waals surface area contributed by atoms with Crippen LogP contribution in [0.2, 0.25) is 0 Å². The molecule has 0 fully saturated rings. The van der Waals surface area contributed by atoms with Crippen LogP contribution in [0, 0.1) is 0 Å². The summed E-state index contributed by atoms with van der Waals surface area (Å²) in [5, 5.41) is 3.35. The second-order valence-corrected chi connectivity index (χ2v) is 7.07. The molecule has 1 aromatic heterocycles. The van der Waals surface area contributed by atoms with Gasteiger partial charge in [-0.25, -0.2) is 14.4 Å². The number of alkyl carbamates (subject to hydrolysis) is 1. The number of aryl methyl sites for hydroxylation is 1. The molecule has 1 heterocycles. The van der Waals surface area contributed by atoms with E-state index in [1.807, 2.05) is 44.2 Å². The van der Waals surface area contributed by atoms with Gasteiger partial charge in [0.1, 0.15) is 24.0 Å². The first-order valence-corrected chi connectivity index (χ1v) is 10.3. The summed E-state index contributed by atoms with van der Waals surface area (Å²) < 4.78 is 15.9. The Labute approximate surface area is 180 Å². The van der Waals surface area contributed by atoms with Crippen molar-refractivity contribution in [3.05, 3.63) is 76.1 Å². The van der Waals surface area contributed by atoms with Gasteiger partial charge in [0.15, 0.2) is 0 Å². The van der Waals surface area contributed by atoms with Crippen LogP contribution in [-0.2, 0) is 22.6 Å². The summed E-state index contributed by atoms with van der Waals surface area (Å²) in [6.45, 7) is 3.94. The fourth-order valence-corrected chi connectivity index (χ4v) is 3.20. The molecule has 0 unspecified atom stereocenters. The van der Waals surface area contributed by atoms with Crippen molar-refractivity contribution < 1.29 is 23.5 Å². The topological polar surface area (TPSA) is 94.8 Å². The number of benzene rings is 2. The highest BCUT2D eigenvalue weighted by atomic mass is 16.6. The quantitative estimate of drug-likeness (QED) is 0.329. The Morgan fingerprint density at radius 1 is 1.06 bits per heavy atom. The first-order chi connectivity index (χ1) is 15.0. The number of ether oxygens (including phenoxy) is 2. The molecule has 1 amide bonds. The van der Waals surface area contributed by atoms with Gasteiger partial charge in [-0.3, -0.25) is 0 Å². The van der Waals surface area contributed by atoms with Crippen LogP contribution in [0.3, 0.4) is 0 Å². The third-order valence-corrected chi connectivity index (χ3v) is 4.77. The van der Waals surface area contributed by atoms with Gasteiger partial charge in [-0.2, -0.15) is 0 Å². The molecule has 2 aromatic carbocycles.